The second-order valence-corrected chi connectivity index (χ2v) is 8.07. The molecule has 0 spiro atoms. The molecule has 0 aliphatic carbocycles. The number of hydrogen-bond donors (Lipinski definition) is 2. The molecule has 3 rings (SSSR count). The quantitative estimate of drug-likeness (QED) is 0.413. The van der Waals surface area contributed by atoms with Crippen molar-refractivity contribution in [2.75, 3.05) is 14.2 Å². The van der Waals surface area contributed by atoms with Gasteiger partial charge in [-0.2, -0.15) is 0 Å². The van der Waals surface area contributed by atoms with Crippen LogP contribution in [-0.2, 0) is 6.54 Å². The zero-order valence-corrected chi connectivity index (χ0v) is 17.2. The average Bonchev–Trinajstić information content (AvgIpc) is 3.42. The van der Waals surface area contributed by atoms with Crippen molar-refractivity contribution in [3.63, 3.8) is 0 Å². The predicted molar refractivity (Wildman–Crippen MR) is 110 cm³/mol. The third-order valence-electron chi connectivity index (χ3n) is 4.13. The van der Waals surface area contributed by atoms with E-state index < -0.39 is 16.9 Å². The minimum atomic E-state index is -0.712. The van der Waals surface area contributed by atoms with Crippen LogP contribution in [-0.4, -0.2) is 30.2 Å². The summed E-state index contributed by atoms with van der Waals surface area (Å²) >= 11 is 2.83. The largest absolute Gasteiger partial charge is 0.493 e. The third kappa shape index (κ3) is 4.56. The van der Waals surface area contributed by atoms with Crippen LogP contribution in [0.25, 0.3) is 0 Å². The Hall–Kier alpha value is -2.95. The maximum atomic E-state index is 12.6. The van der Waals surface area contributed by atoms with E-state index >= 15 is 0 Å². The lowest BCUT2D eigenvalue weighted by atomic mass is 10.1. The van der Waals surface area contributed by atoms with E-state index in [1.54, 1.807) is 12.1 Å². The standard InChI is InChI=1S/C19H18N2O6S2/c1-26-14-8-12(13(21(24)25)9-15(14)27-2)19(23)20-10-11-5-6-17(29-11)18(22)16-4-3-7-28-16/h3-9,18,22H,10H2,1-2H3,(H,20,23). The summed E-state index contributed by atoms with van der Waals surface area (Å²) in [5, 5.41) is 26.3. The Morgan fingerprint density at radius 3 is 2.55 bits per heavy atom. The van der Waals surface area contributed by atoms with Crippen molar-refractivity contribution in [2.45, 2.75) is 12.6 Å². The van der Waals surface area contributed by atoms with E-state index in [-0.39, 0.29) is 29.3 Å². The molecule has 0 saturated heterocycles. The van der Waals surface area contributed by atoms with Crippen LogP contribution in [0.3, 0.4) is 0 Å². The molecule has 1 aromatic carbocycles. The summed E-state index contributed by atoms with van der Waals surface area (Å²) in [6.45, 7) is 0.173. The number of nitrogens with zero attached hydrogens (tertiary/aromatic N) is 1. The highest BCUT2D eigenvalue weighted by atomic mass is 32.1. The fourth-order valence-electron chi connectivity index (χ4n) is 2.69. The number of hydrogen-bond acceptors (Lipinski definition) is 8. The second-order valence-electron chi connectivity index (χ2n) is 5.89. The van der Waals surface area contributed by atoms with Crippen molar-refractivity contribution in [2.24, 2.45) is 0 Å². The monoisotopic (exact) mass is 434 g/mol. The van der Waals surface area contributed by atoms with Gasteiger partial charge in [-0.05, 0) is 23.6 Å². The number of ether oxygens (including phenoxy) is 2. The number of nitro benzene ring substituents is 1. The van der Waals surface area contributed by atoms with Gasteiger partial charge in [-0.1, -0.05) is 6.07 Å². The molecule has 1 unspecified atom stereocenters. The summed E-state index contributed by atoms with van der Waals surface area (Å²) < 4.78 is 10.2. The van der Waals surface area contributed by atoms with E-state index in [0.717, 1.165) is 20.7 Å². The number of aliphatic hydroxyl groups is 1. The number of carbonyl (C=O) groups is 1. The molecule has 0 saturated carbocycles. The summed E-state index contributed by atoms with van der Waals surface area (Å²) in [4.78, 5) is 25.7. The van der Waals surface area contributed by atoms with Crippen molar-refractivity contribution < 1.29 is 24.3 Å². The van der Waals surface area contributed by atoms with Crippen LogP contribution in [0.1, 0.15) is 31.1 Å². The van der Waals surface area contributed by atoms with E-state index in [1.165, 1.54) is 43.0 Å². The number of nitro groups is 1. The number of methoxy groups -OCH3 is 2. The Morgan fingerprint density at radius 1 is 1.21 bits per heavy atom. The summed E-state index contributed by atoms with van der Waals surface area (Å²) in [5.74, 6) is -0.214. The smallest absolute Gasteiger partial charge is 0.286 e. The Bertz CT molecular complexity index is 1020. The Kier molecular flexibility index (Phi) is 6.47. The van der Waals surface area contributed by atoms with Crippen LogP contribution in [0.4, 0.5) is 5.69 Å². The van der Waals surface area contributed by atoms with Gasteiger partial charge in [-0.15, -0.1) is 22.7 Å². The van der Waals surface area contributed by atoms with Gasteiger partial charge in [0.2, 0.25) is 0 Å². The molecule has 0 aliphatic heterocycles. The van der Waals surface area contributed by atoms with E-state index in [4.69, 9.17) is 9.47 Å². The first-order chi connectivity index (χ1) is 13.9. The first-order valence-electron chi connectivity index (χ1n) is 8.43. The second kappa shape index (κ2) is 9.03. The summed E-state index contributed by atoms with van der Waals surface area (Å²) in [6.07, 6.45) is -0.712. The average molecular weight is 434 g/mol. The fourth-order valence-corrected chi connectivity index (χ4v) is 4.45. The third-order valence-corrected chi connectivity index (χ3v) is 6.19. The summed E-state index contributed by atoms with van der Waals surface area (Å²) in [6, 6.07) is 9.78. The van der Waals surface area contributed by atoms with Gasteiger partial charge in [0.25, 0.3) is 11.6 Å². The van der Waals surface area contributed by atoms with Crippen LogP contribution in [0, 0.1) is 10.1 Å². The molecule has 3 aromatic rings. The maximum absolute atomic E-state index is 12.6. The van der Waals surface area contributed by atoms with E-state index in [1.807, 2.05) is 17.5 Å². The van der Waals surface area contributed by atoms with Gasteiger partial charge in [0.1, 0.15) is 11.7 Å². The summed E-state index contributed by atoms with van der Waals surface area (Å²) in [7, 11) is 2.75. The Morgan fingerprint density at radius 2 is 1.93 bits per heavy atom. The van der Waals surface area contributed by atoms with Gasteiger partial charge in [0.05, 0.1) is 31.8 Å². The molecule has 0 radical (unpaired) electrons. The lowest BCUT2D eigenvalue weighted by molar-refractivity contribution is -0.385. The first kappa shape index (κ1) is 20.8. The van der Waals surface area contributed by atoms with E-state index in [2.05, 4.69) is 5.32 Å². The molecule has 152 valence electrons. The highest BCUT2D eigenvalue weighted by Gasteiger charge is 2.24. The predicted octanol–water partition coefficient (Wildman–Crippen LogP) is 3.75. The van der Waals surface area contributed by atoms with Gasteiger partial charge < -0.3 is 19.9 Å². The van der Waals surface area contributed by atoms with E-state index in [0.29, 0.717) is 0 Å². The molecule has 0 fully saturated rings. The normalized spacial score (nSPS) is 11.7. The number of benzene rings is 1. The topological polar surface area (TPSA) is 111 Å². The zero-order valence-electron chi connectivity index (χ0n) is 15.6. The van der Waals surface area contributed by atoms with Gasteiger partial charge in [0.15, 0.2) is 11.5 Å². The van der Waals surface area contributed by atoms with Crippen LogP contribution in [0.2, 0.25) is 0 Å². The first-order valence-corrected chi connectivity index (χ1v) is 10.1. The van der Waals surface area contributed by atoms with E-state index in [9.17, 15) is 20.0 Å². The molecule has 0 bridgehead atoms. The highest BCUT2D eigenvalue weighted by molar-refractivity contribution is 7.12. The number of aliphatic hydroxyl groups excluding tert-OH is 1. The molecule has 2 N–H and O–H groups in total. The summed E-state index contributed by atoms with van der Waals surface area (Å²) in [5.41, 5.74) is -0.497. The lowest BCUT2D eigenvalue weighted by Crippen LogP contribution is -2.23. The van der Waals surface area contributed by atoms with Gasteiger partial charge >= 0.3 is 0 Å². The van der Waals surface area contributed by atoms with Crippen molar-refractivity contribution in [3.8, 4) is 11.5 Å². The SMILES string of the molecule is COc1cc(C(=O)NCc2ccc(C(O)c3cccs3)s2)c([N+](=O)[O-])cc1OC. The van der Waals surface area contributed by atoms with Gasteiger partial charge in [0, 0.05) is 20.7 Å². The van der Waals surface area contributed by atoms with Crippen LogP contribution < -0.4 is 14.8 Å². The van der Waals surface area contributed by atoms with Crippen molar-refractivity contribution in [3.05, 3.63) is 72.1 Å². The lowest BCUT2D eigenvalue weighted by Gasteiger charge is -2.10. The maximum Gasteiger partial charge on any atom is 0.286 e. The van der Waals surface area contributed by atoms with Gasteiger partial charge in [-0.3, -0.25) is 14.9 Å². The van der Waals surface area contributed by atoms with Crippen LogP contribution >= 0.6 is 22.7 Å². The number of thiophene rings is 2. The minimum Gasteiger partial charge on any atom is -0.493 e. The van der Waals surface area contributed by atoms with Crippen molar-refractivity contribution >= 4 is 34.3 Å². The molecule has 0 aliphatic rings. The molecule has 1 atom stereocenters. The Balaban J connectivity index is 1.75. The molecule has 8 nitrogen and oxygen atoms in total. The molecule has 2 heterocycles. The van der Waals surface area contributed by atoms with Gasteiger partial charge in [-0.25, -0.2) is 0 Å². The number of carbonyl (C=O) groups excluding carboxylic acids is 1. The molecule has 29 heavy (non-hydrogen) atoms. The minimum absolute atomic E-state index is 0.122. The van der Waals surface area contributed by atoms with Crippen LogP contribution in [0.15, 0.2) is 41.8 Å². The fraction of sp³-hybridized carbons (Fsp3) is 0.211. The number of amides is 1. The Labute approximate surface area is 174 Å². The molecule has 2 aromatic heterocycles. The molecule has 10 heteroatoms. The zero-order chi connectivity index (χ0) is 21.0. The van der Waals surface area contributed by atoms with Crippen molar-refractivity contribution in [1.82, 2.24) is 5.32 Å². The van der Waals surface area contributed by atoms with Crippen LogP contribution in [0.5, 0.6) is 11.5 Å². The number of nitrogens with one attached hydrogen (secondary N) is 1. The molecular formula is C19H18N2O6S2. The number of rotatable bonds is 8. The van der Waals surface area contributed by atoms with Crippen molar-refractivity contribution in [1.29, 1.82) is 0 Å². The molecule has 1 amide bonds. The highest BCUT2D eigenvalue weighted by Crippen LogP contribution is 2.35. The molecular weight excluding hydrogens is 416 g/mol.